The van der Waals surface area contributed by atoms with Crippen molar-refractivity contribution in [3.05, 3.63) is 134 Å². The van der Waals surface area contributed by atoms with E-state index < -0.39 is 26.5 Å². The lowest BCUT2D eigenvalue weighted by atomic mass is 10.0. The summed E-state index contributed by atoms with van der Waals surface area (Å²) in [6.45, 7) is 4.25. The monoisotopic (exact) mass is 1390 g/mol. The van der Waals surface area contributed by atoms with E-state index in [-0.39, 0.29) is 32.0 Å². The molecule has 0 amide bonds. The molecule has 0 rings (SSSR count). The third kappa shape index (κ3) is 81.1. The van der Waals surface area contributed by atoms with Gasteiger partial charge in [-0.25, -0.2) is 4.57 Å². The number of quaternary nitrogens is 1. The SMILES string of the molecule is CC/C=C\C/C=C\C/C=C\C/C=C\C/C=C\C/C=C\CCCCCCCCCCCCCCCCCCCCC(=O)OC(COC(=O)CCCCCCCCCCCCCCCCCCCCCCC/C=C\C/C=C\C/C=C\C/C=C\C/C=C\CC)COP(=O)(O)OCC[N+](C)(C)C. The number of allylic oxidation sites excluding steroid dienone is 22. The van der Waals surface area contributed by atoms with Crippen LogP contribution in [0.4, 0.5) is 0 Å². The molecule has 2 unspecified atom stereocenters. The van der Waals surface area contributed by atoms with Gasteiger partial charge in [-0.1, -0.05) is 372 Å². The highest BCUT2D eigenvalue weighted by Crippen LogP contribution is 2.43. The molecule has 0 aliphatic heterocycles. The smallest absolute Gasteiger partial charge is 0.462 e. The van der Waals surface area contributed by atoms with Crippen molar-refractivity contribution in [2.45, 2.75) is 367 Å². The van der Waals surface area contributed by atoms with Crippen LogP contribution in [0.2, 0.25) is 0 Å². The van der Waals surface area contributed by atoms with E-state index in [0.717, 1.165) is 103 Å². The van der Waals surface area contributed by atoms with E-state index in [2.05, 4.69) is 148 Å². The molecule has 2 atom stereocenters. The fraction of sp³-hybridized carbons (Fsp3) is 0.727. The number of carbonyl (C=O) groups excluding carboxylic acids is 2. The van der Waals surface area contributed by atoms with Gasteiger partial charge in [-0.15, -0.1) is 0 Å². The number of unbranched alkanes of at least 4 members (excludes halogenated alkanes) is 39. The summed E-state index contributed by atoms with van der Waals surface area (Å²) < 4.78 is 34.9. The summed E-state index contributed by atoms with van der Waals surface area (Å²) in [6.07, 6.45) is 113. The molecule has 0 aliphatic carbocycles. The minimum atomic E-state index is -4.40. The molecular weight excluding hydrogens is 1230 g/mol. The quantitative estimate of drug-likeness (QED) is 0.0211. The summed E-state index contributed by atoms with van der Waals surface area (Å²) in [5.74, 6) is -0.784. The van der Waals surface area contributed by atoms with Crippen molar-refractivity contribution in [1.29, 1.82) is 0 Å². The van der Waals surface area contributed by atoms with Gasteiger partial charge in [0.2, 0.25) is 0 Å². The molecule has 0 heterocycles. The van der Waals surface area contributed by atoms with Crippen LogP contribution in [0.3, 0.4) is 0 Å². The molecule has 0 aromatic carbocycles. The van der Waals surface area contributed by atoms with Gasteiger partial charge >= 0.3 is 19.8 Å². The highest BCUT2D eigenvalue weighted by Gasteiger charge is 2.27. The standard InChI is InChI=1S/C88H154NO8P/c1-6-8-10-12-14-16-18-20-22-24-26-28-30-32-34-36-38-40-42-44-46-48-50-52-54-56-58-60-62-64-66-68-70-72-74-76-78-80-87(90)94-84-86(85-96-98(92,93)95-83-82-89(3,4)5)97-88(91)81-79-77-75-73-71-69-67-65-63-61-59-57-55-53-51-49-47-45-43-41-39-37-35-33-31-29-27-25-23-21-19-17-15-13-11-9-7-2/h8-11,14-17,20-23,26-29,32-35,39,41,86H,6-7,12-13,18-19,24-25,30-31,36-38,40,42-85H2,1-5H3/p+1/b10-8-,11-9-,16-14-,17-15-,22-20-,23-21-,28-26-,29-27-,34-32-,35-33-,41-39-. The van der Waals surface area contributed by atoms with Crippen LogP contribution in [-0.2, 0) is 32.7 Å². The van der Waals surface area contributed by atoms with Gasteiger partial charge in [0, 0.05) is 12.8 Å². The van der Waals surface area contributed by atoms with E-state index in [9.17, 15) is 19.0 Å². The van der Waals surface area contributed by atoms with Crippen molar-refractivity contribution in [2.75, 3.05) is 47.5 Å². The van der Waals surface area contributed by atoms with E-state index in [4.69, 9.17) is 18.5 Å². The molecular formula is C88H155NO8P+. The fourth-order valence-corrected chi connectivity index (χ4v) is 12.3. The third-order valence-corrected chi connectivity index (χ3v) is 18.7. The Morgan fingerprint density at radius 3 is 0.816 bits per heavy atom. The second-order valence-corrected chi connectivity index (χ2v) is 29.8. The fourth-order valence-electron chi connectivity index (χ4n) is 11.5. The summed E-state index contributed by atoms with van der Waals surface area (Å²) in [4.78, 5) is 36.0. The zero-order valence-electron chi connectivity index (χ0n) is 64.5. The minimum Gasteiger partial charge on any atom is -0.462 e. The summed E-state index contributed by atoms with van der Waals surface area (Å²) in [6, 6.07) is 0. The van der Waals surface area contributed by atoms with Crippen molar-refractivity contribution < 1.29 is 42.1 Å². The molecule has 0 fully saturated rings. The largest absolute Gasteiger partial charge is 0.472 e. The van der Waals surface area contributed by atoms with Gasteiger partial charge in [0.05, 0.1) is 27.7 Å². The van der Waals surface area contributed by atoms with Gasteiger partial charge in [-0.3, -0.25) is 18.6 Å². The predicted molar refractivity (Wildman–Crippen MR) is 427 cm³/mol. The molecule has 9 nitrogen and oxygen atoms in total. The molecule has 0 bridgehead atoms. The summed E-state index contributed by atoms with van der Waals surface area (Å²) in [5.41, 5.74) is 0. The zero-order valence-corrected chi connectivity index (χ0v) is 65.4. The first-order valence-corrected chi connectivity index (χ1v) is 42.4. The zero-order chi connectivity index (χ0) is 71.1. The summed E-state index contributed by atoms with van der Waals surface area (Å²) in [5, 5.41) is 0. The Hall–Kier alpha value is -3.85. The lowest BCUT2D eigenvalue weighted by Gasteiger charge is -2.24. The molecule has 0 spiro atoms. The highest BCUT2D eigenvalue weighted by atomic mass is 31.2. The van der Waals surface area contributed by atoms with Crippen LogP contribution in [0.5, 0.6) is 0 Å². The predicted octanol–water partition coefficient (Wildman–Crippen LogP) is 27.5. The normalized spacial score (nSPS) is 13.7. The van der Waals surface area contributed by atoms with Gasteiger partial charge < -0.3 is 18.9 Å². The number of ether oxygens (including phenoxy) is 2. The van der Waals surface area contributed by atoms with Crippen LogP contribution in [0.15, 0.2) is 134 Å². The first-order valence-electron chi connectivity index (χ1n) is 40.9. The number of carbonyl (C=O) groups is 2. The van der Waals surface area contributed by atoms with Crippen LogP contribution in [0.25, 0.3) is 0 Å². The van der Waals surface area contributed by atoms with Gasteiger partial charge in [0.1, 0.15) is 19.8 Å². The number of phosphoric acid groups is 1. The van der Waals surface area contributed by atoms with Crippen LogP contribution in [0.1, 0.15) is 361 Å². The van der Waals surface area contributed by atoms with Crippen LogP contribution in [0, 0.1) is 0 Å². The maximum Gasteiger partial charge on any atom is 0.472 e. The average Bonchev–Trinajstić information content (AvgIpc) is 1.08. The maximum atomic E-state index is 12.9. The van der Waals surface area contributed by atoms with Gasteiger partial charge in [-0.05, 0) is 109 Å². The van der Waals surface area contributed by atoms with Crippen molar-refractivity contribution in [1.82, 2.24) is 0 Å². The second-order valence-electron chi connectivity index (χ2n) is 28.4. The second kappa shape index (κ2) is 77.3. The molecule has 0 saturated heterocycles. The van der Waals surface area contributed by atoms with Crippen molar-refractivity contribution in [3.8, 4) is 0 Å². The van der Waals surface area contributed by atoms with E-state index >= 15 is 0 Å². The molecule has 10 heteroatoms. The summed E-state index contributed by atoms with van der Waals surface area (Å²) in [7, 11) is 1.48. The Balaban J connectivity index is 3.94. The highest BCUT2D eigenvalue weighted by molar-refractivity contribution is 7.47. The van der Waals surface area contributed by atoms with Gasteiger partial charge in [0.25, 0.3) is 0 Å². The number of hydrogen-bond acceptors (Lipinski definition) is 7. The van der Waals surface area contributed by atoms with Crippen molar-refractivity contribution in [3.63, 3.8) is 0 Å². The van der Waals surface area contributed by atoms with Crippen LogP contribution >= 0.6 is 7.82 Å². The average molecular weight is 1390 g/mol. The Morgan fingerprint density at radius 2 is 0.551 bits per heavy atom. The molecule has 0 radical (unpaired) electrons. The van der Waals surface area contributed by atoms with Crippen molar-refractivity contribution in [2.24, 2.45) is 0 Å². The number of likely N-dealkylation sites (N-methyl/N-ethyl adjacent to an activating group) is 1. The number of nitrogens with zero attached hydrogens (tertiary/aromatic N) is 1. The first-order chi connectivity index (χ1) is 48.0. The maximum absolute atomic E-state index is 12.9. The third-order valence-electron chi connectivity index (χ3n) is 17.7. The molecule has 0 aliphatic rings. The minimum absolute atomic E-state index is 0.0300. The molecule has 0 saturated carbocycles. The van der Waals surface area contributed by atoms with Crippen molar-refractivity contribution >= 4 is 19.8 Å². The van der Waals surface area contributed by atoms with E-state index in [1.165, 1.54) is 225 Å². The lowest BCUT2D eigenvalue weighted by molar-refractivity contribution is -0.870. The molecule has 98 heavy (non-hydrogen) atoms. The van der Waals surface area contributed by atoms with Crippen LogP contribution in [-0.4, -0.2) is 74.9 Å². The Morgan fingerprint density at radius 1 is 0.316 bits per heavy atom. The Labute approximate surface area is 606 Å². The Kier molecular flexibility index (Phi) is 74.3. The van der Waals surface area contributed by atoms with E-state index in [1.807, 2.05) is 21.1 Å². The van der Waals surface area contributed by atoms with Crippen LogP contribution < -0.4 is 0 Å². The molecule has 0 aromatic heterocycles. The number of esters is 2. The topological polar surface area (TPSA) is 108 Å². The first kappa shape index (κ1) is 94.2. The molecule has 1 N–H and O–H groups in total. The van der Waals surface area contributed by atoms with E-state index in [1.54, 1.807) is 0 Å². The number of rotatable bonds is 75. The molecule has 0 aromatic rings. The number of hydrogen-bond donors (Lipinski definition) is 1. The lowest BCUT2D eigenvalue weighted by Crippen LogP contribution is -2.37. The van der Waals surface area contributed by atoms with Gasteiger partial charge in [0.15, 0.2) is 6.10 Å². The number of phosphoric ester groups is 1. The van der Waals surface area contributed by atoms with Gasteiger partial charge in [-0.2, -0.15) is 0 Å². The molecule has 564 valence electrons. The Bertz CT molecular complexity index is 2120. The van der Waals surface area contributed by atoms with E-state index in [0.29, 0.717) is 17.4 Å². The summed E-state index contributed by atoms with van der Waals surface area (Å²) >= 11 is 0.